The summed E-state index contributed by atoms with van der Waals surface area (Å²) in [7, 11) is 0. The first kappa shape index (κ1) is 10.8. The van der Waals surface area contributed by atoms with Gasteiger partial charge in [0.1, 0.15) is 0 Å². The Morgan fingerprint density at radius 3 is 2.56 bits per heavy atom. The predicted octanol–water partition coefficient (Wildman–Crippen LogP) is 5.10. The van der Waals surface area contributed by atoms with Crippen molar-refractivity contribution in [3.63, 3.8) is 0 Å². The molecule has 1 unspecified atom stereocenters. The molecule has 0 heteroatoms. The highest BCUT2D eigenvalue weighted by Crippen LogP contribution is 2.48. The standard InChI is InChI=1S/C18H22/c1-12-9-16-10-14-7-4-8-15(14)11-17(16)18(12)13-5-2-3-6-13/h9-11,13,17H,2-8H2,1H3. The first-order valence-electron chi connectivity index (χ1n) is 7.67. The molecule has 0 aliphatic heterocycles. The van der Waals surface area contributed by atoms with Crippen LogP contribution in [0.2, 0.25) is 0 Å². The fraction of sp³-hybridized carbons (Fsp3) is 0.556. The molecule has 1 atom stereocenters. The van der Waals surface area contributed by atoms with E-state index in [2.05, 4.69) is 25.2 Å². The van der Waals surface area contributed by atoms with Crippen molar-refractivity contribution in [1.82, 2.24) is 0 Å². The van der Waals surface area contributed by atoms with Gasteiger partial charge in [-0.05, 0) is 61.7 Å². The zero-order valence-electron chi connectivity index (χ0n) is 11.3. The minimum absolute atomic E-state index is 0.657. The largest absolute Gasteiger partial charge is 0.0694 e. The van der Waals surface area contributed by atoms with Gasteiger partial charge in [0.15, 0.2) is 0 Å². The lowest BCUT2D eigenvalue weighted by atomic mass is 9.80. The van der Waals surface area contributed by atoms with Crippen LogP contribution < -0.4 is 0 Å². The highest BCUT2D eigenvalue weighted by atomic mass is 14.4. The van der Waals surface area contributed by atoms with Gasteiger partial charge < -0.3 is 0 Å². The second-order valence-corrected chi connectivity index (χ2v) is 6.46. The Morgan fingerprint density at radius 2 is 1.72 bits per heavy atom. The molecule has 0 aromatic carbocycles. The van der Waals surface area contributed by atoms with Crippen LogP contribution in [0.25, 0.3) is 0 Å². The summed E-state index contributed by atoms with van der Waals surface area (Å²) in [6.45, 7) is 2.34. The summed E-state index contributed by atoms with van der Waals surface area (Å²) in [4.78, 5) is 0. The monoisotopic (exact) mass is 238 g/mol. The van der Waals surface area contributed by atoms with Crippen molar-refractivity contribution in [2.45, 2.75) is 51.9 Å². The quantitative estimate of drug-likeness (QED) is 0.596. The van der Waals surface area contributed by atoms with Crippen molar-refractivity contribution in [3.8, 4) is 0 Å². The summed E-state index contributed by atoms with van der Waals surface area (Å²) in [5.74, 6) is 1.54. The van der Waals surface area contributed by atoms with Crippen molar-refractivity contribution in [2.75, 3.05) is 0 Å². The lowest BCUT2D eigenvalue weighted by Gasteiger charge is -2.24. The SMILES string of the molecule is CC1=C(C2CCCC2)C2C=C3CCCC3=CC2=C1. The zero-order valence-corrected chi connectivity index (χ0v) is 11.3. The average molecular weight is 238 g/mol. The number of hydrogen-bond donors (Lipinski definition) is 0. The highest BCUT2D eigenvalue weighted by molar-refractivity contribution is 5.57. The first-order valence-corrected chi connectivity index (χ1v) is 7.67. The minimum atomic E-state index is 0.657. The van der Waals surface area contributed by atoms with Gasteiger partial charge in [-0.25, -0.2) is 0 Å². The van der Waals surface area contributed by atoms with Crippen LogP contribution in [-0.2, 0) is 0 Å². The van der Waals surface area contributed by atoms with E-state index in [0.717, 1.165) is 5.92 Å². The van der Waals surface area contributed by atoms with E-state index in [1.165, 1.54) is 44.9 Å². The third-order valence-electron chi connectivity index (χ3n) is 5.34. The molecule has 0 N–H and O–H groups in total. The van der Waals surface area contributed by atoms with Crippen molar-refractivity contribution in [2.24, 2.45) is 11.8 Å². The van der Waals surface area contributed by atoms with Crippen LogP contribution in [0.15, 0.2) is 46.1 Å². The minimum Gasteiger partial charge on any atom is -0.0694 e. The van der Waals surface area contributed by atoms with Gasteiger partial charge in [0.05, 0.1) is 0 Å². The third-order valence-corrected chi connectivity index (χ3v) is 5.34. The van der Waals surface area contributed by atoms with Crippen LogP contribution in [0, 0.1) is 11.8 Å². The Bertz CT molecular complexity index is 504. The molecule has 4 aliphatic carbocycles. The van der Waals surface area contributed by atoms with Gasteiger partial charge in [0.25, 0.3) is 0 Å². The molecule has 4 aliphatic rings. The average Bonchev–Trinajstić information content (AvgIpc) is 3.02. The summed E-state index contributed by atoms with van der Waals surface area (Å²) in [5.41, 5.74) is 8.25. The molecule has 0 nitrogen and oxygen atoms in total. The maximum Gasteiger partial charge on any atom is 0.0242 e. The van der Waals surface area contributed by atoms with E-state index in [0.29, 0.717) is 5.92 Å². The lowest BCUT2D eigenvalue weighted by molar-refractivity contribution is 0.593. The van der Waals surface area contributed by atoms with Crippen LogP contribution in [-0.4, -0.2) is 0 Å². The topological polar surface area (TPSA) is 0 Å². The molecule has 0 bridgehead atoms. The summed E-state index contributed by atoms with van der Waals surface area (Å²) >= 11 is 0. The van der Waals surface area contributed by atoms with E-state index in [9.17, 15) is 0 Å². The number of hydrogen-bond acceptors (Lipinski definition) is 0. The molecular formula is C18H22. The van der Waals surface area contributed by atoms with E-state index in [4.69, 9.17) is 0 Å². The van der Waals surface area contributed by atoms with Gasteiger partial charge in [-0.2, -0.15) is 0 Å². The molecule has 0 spiro atoms. The van der Waals surface area contributed by atoms with E-state index < -0.39 is 0 Å². The molecule has 18 heavy (non-hydrogen) atoms. The maximum atomic E-state index is 2.61. The van der Waals surface area contributed by atoms with Gasteiger partial charge in [-0.15, -0.1) is 0 Å². The van der Waals surface area contributed by atoms with Gasteiger partial charge in [0, 0.05) is 5.92 Å². The van der Waals surface area contributed by atoms with E-state index in [-0.39, 0.29) is 0 Å². The lowest BCUT2D eigenvalue weighted by Crippen LogP contribution is -2.11. The van der Waals surface area contributed by atoms with Crippen molar-refractivity contribution in [1.29, 1.82) is 0 Å². The molecular weight excluding hydrogens is 216 g/mol. The van der Waals surface area contributed by atoms with E-state index >= 15 is 0 Å². The van der Waals surface area contributed by atoms with Crippen molar-refractivity contribution in [3.05, 3.63) is 46.1 Å². The molecule has 0 aromatic rings. The van der Waals surface area contributed by atoms with Crippen LogP contribution in [0.3, 0.4) is 0 Å². The second kappa shape index (κ2) is 3.98. The number of allylic oxidation sites excluding steroid dienone is 8. The molecule has 0 radical (unpaired) electrons. The third kappa shape index (κ3) is 1.51. The van der Waals surface area contributed by atoms with Crippen LogP contribution >= 0.6 is 0 Å². The number of fused-ring (bicyclic) bond motifs is 2. The Morgan fingerprint density at radius 1 is 0.944 bits per heavy atom. The molecule has 0 amide bonds. The predicted molar refractivity (Wildman–Crippen MR) is 76.2 cm³/mol. The molecule has 0 saturated heterocycles. The Hall–Kier alpha value is -1.04. The molecule has 2 fully saturated rings. The van der Waals surface area contributed by atoms with Gasteiger partial charge in [-0.3, -0.25) is 0 Å². The summed E-state index contributed by atoms with van der Waals surface area (Å²) in [5, 5.41) is 0. The van der Waals surface area contributed by atoms with Gasteiger partial charge in [0.2, 0.25) is 0 Å². The molecule has 2 saturated carbocycles. The van der Waals surface area contributed by atoms with Crippen LogP contribution in [0.5, 0.6) is 0 Å². The van der Waals surface area contributed by atoms with Gasteiger partial charge in [-0.1, -0.05) is 42.2 Å². The number of rotatable bonds is 1. The van der Waals surface area contributed by atoms with Gasteiger partial charge >= 0.3 is 0 Å². The van der Waals surface area contributed by atoms with Crippen molar-refractivity contribution >= 4 is 0 Å². The zero-order chi connectivity index (χ0) is 12.1. The Balaban J connectivity index is 1.72. The fourth-order valence-electron chi connectivity index (χ4n) is 4.53. The molecule has 4 rings (SSSR count). The smallest absolute Gasteiger partial charge is 0.0242 e. The van der Waals surface area contributed by atoms with Crippen LogP contribution in [0.4, 0.5) is 0 Å². The van der Waals surface area contributed by atoms with Crippen LogP contribution in [0.1, 0.15) is 51.9 Å². The van der Waals surface area contributed by atoms with E-state index in [1.54, 1.807) is 27.9 Å². The highest BCUT2D eigenvalue weighted by Gasteiger charge is 2.34. The molecule has 0 heterocycles. The molecule has 94 valence electrons. The Labute approximate surface area is 110 Å². The normalized spacial score (nSPS) is 31.2. The summed E-state index contributed by atoms with van der Waals surface area (Å²) in [6.07, 6.45) is 17.4. The van der Waals surface area contributed by atoms with Crippen molar-refractivity contribution < 1.29 is 0 Å². The van der Waals surface area contributed by atoms with E-state index in [1.807, 2.05) is 0 Å². The summed E-state index contributed by atoms with van der Waals surface area (Å²) < 4.78 is 0. The Kier molecular flexibility index (Phi) is 2.40. The summed E-state index contributed by atoms with van der Waals surface area (Å²) in [6, 6.07) is 0. The molecule has 0 aromatic heterocycles. The maximum absolute atomic E-state index is 2.61. The first-order chi connectivity index (χ1) is 8.83. The second-order valence-electron chi connectivity index (χ2n) is 6.46. The fourth-order valence-corrected chi connectivity index (χ4v) is 4.53.